The summed E-state index contributed by atoms with van der Waals surface area (Å²) in [5.41, 5.74) is 1.31. The number of hydrogen-bond acceptors (Lipinski definition) is 3. The Hall–Kier alpha value is -2.40. The van der Waals surface area contributed by atoms with Crippen LogP contribution in [0.1, 0.15) is 45.5 Å². The molecular weight excluding hydrogens is 320 g/mol. The number of rotatable bonds is 2. The highest BCUT2D eigenvalue weighted by molar-refractivity contribution is 7.17. The Morgan fingerprint density at radius 1 is 1.04 bits per heavy atom. The molecule has 2 aromatic heterocycles. The first-order chi connectivity index (χ1) is 11.3. The molecular formula is C19H26N2O2S. The number of benzene rings is 1. The summed E-state index contributed by atoms with van der Waals surface area (Å²) in [6.07, 6.45) is 1.45. The molecule has 0 saturated carbocycles. The third kappa shape index (κ3) is 5.06. The molecule has 0 spiro atoms. The molecule has 0 saturated heterocycles. The molecule has 0 aliphatic rings. The number of carbonyl (C=O) groups excluding carboxylic acids is 1. The standard InChI is InChI=1S/C14H10N2O2S.2C2H6.CH4/c17-12-10(8-15-11-6-7-19-13(11)12)14(18)16-9-4-2-1-3-5-9;2*1-2;/h1-8H,(H,15,17)(H,16,18);2*1-2H3;1H4. The number of aromatic amines is 1. The molecule has 0 aliphatic carbocycles. The maximum atomic E-state index is 12.2. The molecule has 0 radical (unpaired) electrons. The summed E-state index contributed by atoms with van der Waals surface area (Å²) in [6, 6.07) is 10.9. The van der Waals surface area contributed by atoms with E-state index in [9.17, 15) is 9.59 Å². The number of carbonyl (C=O) groups is 1. The lowest BCUT2D eigenvalue weighted by Gasteiger charge is -2.04. The lowest BCUT2D eigenvalue weighted by molar-refractivity contribution is 0.102. The number of nitrogens with one attached hydrogen (secondary N) is 2. The lowest BCUT2D eigenvalue weighted by Crippen LogP contribution is -2.21. The van der Waals surface area contributed by atoms with Crippen molar-refractivity contribution in [3.05, 3.63) is 63.8 Å². The van der Waals surface area contributed by atoms with Gasteiger partial charge in [-0.3, -0.25) is 9.59 Å². The Bertz CT molecular complexity index is 792. The molecule has 130 valence electrons. The predicted molar refractivity (Wildman–Crippen MR) is 106 cm³/mol. The normalized spacial score (nSPS) is 8.83. The van der Waals surface area contributed by atoms with Crippen molar-refractivity contribution in [2.75, 3.05) is 5.32 Å². The zero-order chi connectivity index (χ0) is 17.2. The lowest BCUT2D eigenvalue weighted by atomic mass is 10.2. The van der Waals surface area contributed by atoms with Gasteiger partial charge in [0.1, 0.15) is 5.56 Å². The molecule has 0 fully saturated rings. The zero-order valence-corrected chi connectivity index (χ0v) is 14.7. The predicted octanol–water partition coefficient (Wildman–Crippen LogP) is 5.53. The van der Waals surface area contributed by atoms with E-state index in [0.717, 1.165) is 5.52 Å². The number of hydrogen-bond donors (Lipinski definition) is 2. The maximum absolute atomic E-state index is 12.2. The van der Waals surface area contributed by atoms with E-state index in [2.05, 4.69) is 10.3 Å². The van der Waals surface area contributed by atoms with Crippen LogP contribution in [0.2, 0.25) is 0 Å². The summed E-state index contributed by atoms with van der Waals surface area (Å²) >= 11 is 1.33. The Balaban J connectivity index is 0.000000987. The second-order valence-corrected chi connectivity index (χ2v) is 4.93. The van der Waals surface area contributed by atoms with Crippen molar-refractivity contribution in [1.82, 2.24) is 4.98 Å². The van der Waals surface area contributed by atoms with Gasteiger partial charge < -0.3 is 10.3 Å². The van der Waals surface area contributed by atoms with Crippen molar-refractivity contribution < 1.29 is 4.79 Å². The molecule has 2 heterocycles. The molecule has 1 aromatic carbocycles. The van der Waals surface area contributed by atoms with E-state index in [-0.39, 0.29) is 18.4 Å². The largest absolute Gasteiger partial charge is 0.359 e. The SMILES string of the molecule is C.CC.CC.O=C(Nc1ccccc1)c1c[nH]c2ccsc2c1=O. The van der Waals surface area contributed by atoms with Gasteiger partial charge in [-0.15, -0.1) is 11.3 Å². The second kappa shape index (κ2) is 11.2. The van der Waals surface area contributed by atoms with E-state index in [1.54, 1.807) is 12.1 Å². The Kier molecular flexibility index (Phi) is 10.1. The molecule has 3 aromatic rings. The number of para-hydroxylation sites is 1. The number of amides is 1. The van der Waals surface area contributed by atoms with Gasteiger partial charge >= 0.3 is 0 Å². The first kappa shape index (κ1) is 21.6. The summed E-state index contributed by atoms with van der Waals surface area (Å²) in [7, 11) is 0. The molecule has 1 amide bonds. The third-order valence-electron chi connectivity index (χ3n) is 2.76. The smallest absolute Gasteiger partial charge is 0.261 e. The number of thiophene rings is 1. The monoisotopic (exact) mass is 346 g/mol. The summed E-state index contributed by atoms with van der Waals surface area (Å²) in [5.74, 6) is -0.400. The number of fused-ring (bicyclic) bond motifs is 1. The van der Waals surface area contributed by atoms with Crippen LogP contribution < -0.4 is 10.7 Å². The third-order valence-corrected chi connectivity index (χ3v) is 3.68. The molecule has 5 heteroatoms. The van der Waals surface area contributed by atoms with Crippen LogP contribution in [-0.2, 0) is 0 Å². The maximum Gasteiger partial charge on any atom is 0.261 e. The highest BCUT2D eigenvalue weighted by Crippen LogP contribution is 2.15. The van der Waals surface area contributed by atoms with E-state index in [1.807, 2.05) is 57.3 Å². The summed E-state index contributed by atoms with van der Waals surface area (Å²) in [6.45, 7) is 8.00. The Morgan fingerprint density at radius 2 is 1.67 bits per heavy atom. The minimum atomic E-state index is -0.400. The van der Waals surface area contributed by atoms with Crippen molar-refractivity contribution in [3.63, 3.8) is 0 Å². The van der Waals surface area contributed by atoms with Crippen LogP contribution in [0.15, 0.2) is 52.8 Å². The van der Waals surface area contributed by atoms with Gasteiger partial charge in [-0.1, -0.05) is 53.3 Å². The number of pyridine rings is 1. The number of aromatic nitrogens is 1. The second-order valence-electron chi connectivity index (χ2n) is 4.02. The van der Waals surface area contributed by atoms with Gasteiger partial charge in [0, 0.05) is 11.9 Å². The fourth-order valence-electron chi connectivity index (χ4n) is 1.83. The van der Waals surface area contributed by atoms with Crippen molar-refractivity contribution >= 4 is 33.1 Å². The van der Waals surface area contributed by atoms with Gasteiger partial charge in [0.05, 0.1) is 10.2 Å². The summed E-state index contributed by atoms with van der Waals surface area (Å²) in [5, 5.41) is 4.52. The van der Waals surface area contributed by atoms with E-state index in [4.69, 9.17) is 0 Å². The van der Waals surface area contributed by atoms with Gasteiger partial charge in [0.2, 0.25) is 5.43 Å². The molecule has 2 N–H and O–H groups in total. The average Bonchev–Trinajstić information content (AvgIpc) is 3.09. The van der Waals surface area contributed by atoms with Gasteiger partial charge in [0.25, 0.3) is 5.91 Å². The minimum absolute atomic E-state index is 0. The van der Waals surface area contributed by atoms with Crippen LogP contribution in [0.5, 0.6) is 0 Å². The van der Waals surface area contributed by atoms with Crippen LogP contribution >= 0.6 is 11.3 Å². The van der Waals surface area contributed by atoms with Crippen molar-refractivity contribution in [1.29, 1.82) is 0 Å². The highest BCUT2D eigenvalue weighted by atomic mass is 32.1. The van der Waals surface area contributed by atoms with Gasteiger partial charge in [0.15, 0.2) is 0 Å². The molecule has 0 aliphatic heterocycles. The number of H-pyrrole nitrogens is 1. The van der Waals surface area contributed by atoms with Crippen LogP contribution in [-0.4, -0.2) is 10.9 Å². The molecule has 0 atom stereocenters. The molecule has 4 nitrogen and oxygen atoms in total. The van der Waals surface area contributed by atoms with E-state index < -0.39 is 5.91 Å². The number of anilines is 1. The minimum Gasteiger partial charge on any atom is -0.359 e. The van der Waals surface area contributed by atoms with Crippen LogP contribution in [0.25, 0.3) is 10.2 Å². The van der Waals surface area contributed by atoms with Crippen molar-refractivity contribution in [3.8, 4) is 0 Å². The quantitative estimate of drug-likeness (QED) is 0.641. The van der Waals surface area contributed by atoms with Crippen LogP contribution in [0.4, 0.5) is 5.69 Å². The van der Waals surface area contributed by atoms with E-state index in [1.165, 1.54) is 17.5 Å². The first-order valence-electron chi connectivity index (χ1n) is 7.71. The van der Waals surface area contributed by atoms with Crippen molar-refractivity contribution in [2.24, 2.45) is 0 Å². The van der Waals surface area contributed by atoms with E-state index in [0.29, 0.717) is 10.4 Å². The molecule has 24 heavy (non-hydrogen) atoms. The molecule has 0 unspecified atom stereocenters. The summed E-state index contributed by atoms with van der Waals surface area (Å²) in [4.78, 5) is 27.2. The topological polar surface area (TPSA) is 62.0 Å². The van der Waals surface area contributed by atoms with E-state index >= 15 is 0 Å². The average molecular weight is 346 g/mol. The van der Waals surface area contributed by atoms with Crippen LogP contribution in [0.3, 0.4) is 0 Å². The molecule has 3 rings (SSSR count). The van der Waals surface area contributed by atoms with Crippen molar-refractivity contribution in [2.45, 2.75) is 35.1 Å². The fraction of sp³-hybridized carbons (Fsp3) is 0.263. The Morgan fingerprint density at radius 3 is 2.29 bits per heavy atom. The van der Waals surface area contributed by atoms with Gasteiger partial charge in [-0.2, -0.15) is 0 Å². The zero-order valence-electron chi connectivity index (χ0n) is 13.8. The Labute approximate surface area is 147 Å². The van der Waals surface area contributed by atoms with Crippen LogP contribution in [0, 0.1) is 0 Å². The fourth-order valence-corrected chi connectivity index (χ4v) is 2.64. The highest BCUT2D eigenvalue weighted by Gasteiger charge is 2.13. The van der Waals surface area contributed by atoms with Gasteiger partial charge in [-0.05, 0) is 23.6 Å². The molecule has 0 bridgehead atoms. The first-order valence-corrected chi connectivity index (χ1v) is 8.59. The van der Waals surface area contributed by atoms with Gasteiger partial charge in [-0.25, -0.2) is 0 Å². The summed E-state index contributed by atoms with van der Waals surface area (Å²) < 4.78 is 0.570.